The highest BCUT2D eigenvalue weighted by molar-refractivity contribution is 7.88. The van der Waals surface area contributed by atoms with E-state index in [1.54, 1.807) is 41.5 Å². The largest absolute Gasteiger partial charge is 0.354 e. The number of sulfonamides is 1. The summed E-state index contributed by atoms with van der Waals surface area (Å²) in [5.41, 5.74) is -0.544. The molecule has 2 saturated heterocycles. The molecule has 0 spiro atoms. The standard InChI is InChI=1S/C32H50N6O6S/c1-31(2,3)28(41)34-30(35-29(42)32(4,5)6)37-18-15-23(16-19-37)21-33-26(39)25-14-11-17-38(25)27(40)24(36-45(7,43)44)20-22-12-9-8-10-13-22/h8-10,12-13,23-25,36H,11,14-21H2,1-7H3,(H,33,39)(H,34,35,41,42)/t24-,25+/m1/s1. The van der Waals surface area contributed by atoms with Crippen LogP contribution in [0.5, 0.6) is 0 Å². The van der Waals surface area contributed by atoms with Crippen molar-refractivity contribution in [1.82, 2.24) is 25.2 Å². The first-order valence-corrected chi connectivity index (χ1v) is 17.5. The summed E-state index contributed by atoms with van der Waals surface area (Å²) in [4.78, 5) is 60.0. The number of hydrogen-bond acceptors (Lipinski definition) is 6. The minimum atomic E-state index is -3.67. The third-order valence-electron chi connectivity index (χ3n) is 8.01. The summed E-state index contributed by atoms with van der Waals surface area (Å²) in [5, 5.41) is 5.87. The Labute approximate surface area is 267 Å². The first kappa shape index (κ1) is 36.2. The van der Waals surface area contributed by atoms with Crippen LogP contribution in [0.15, 0.2) is 35.3 Å². The zero-order valence-electron chi connectivity index (χ0n) is 27.7. The van der Waals surface area contributed by atoms with E-state index in [4.69, 9.17) is 0 Å². The first-order valence-electron chi connectivity index (χ1n) is 15.6. The van der Waals surface area contributed by atoms with Crippen LogP contribution in [-0.4, -0.2) is 92.3 Å². The number of piperidine rings is 1. The Morgan fingerprint density at radius 2 is 1.56 bits per heavy atom. The van der Waals surface area contributed by atoms with Crippen molar-refractivity contribution in [2.75, 3.05) is 32.4 Å². The van der Waals surface area contributed by atoms with Gasteiger partial charge in [0.1, 0.15) is 12.1 Å². The van der Waals surface area contributed by atoms with Crippen LogP contribution in [0, 0.1) is 16.7 Å². The number of carbonyl (C=O) groups is 4. The number of nitrogens with one attached hydrogen (secondary N) is 3. The number of carbonyl (C=O) groups excluding carboxylic acids is 4. The molecule has 13 heteroatoms. The molecule has 0 bridgehead atoms. The third kappa shape index (κ3) is 10.9. The van der Waals surface area contributed by atoms with Gasteiger partial charge in [-0.3, -0.25) is 24.5 Å². The maximum Gasteiger partial charge on any atom is 0.254 e. The van der Waals surface area contributed by atoms with Gasteiger partial charge in [0.2, 0.25) is 33.7 Å². The van der Waals surface area contributed by atoms with Crippen molar-refractivity contribution in [3.63, 3.8) is 0 Å². The number of benzene rings is 1. The van der Waals surface area contributed by atoms with Crippen LogP contribution in [0.3, 0.4) is 0 Å². The molecule has 0 aliphatic carbocycles. The molecule has 1 aromatic carbocycles. The fourth-order valence-electron chi connectivity index (χ4n) is 5.23. The molecular weight excluding hydrogens is 596 g/mol. The zero-order valence-corrected chi connectivity index (χ0v) is 28.5. The molecular formula is C32H50N6O6S. The van der Waals surface area contributed by atoms with Gasteiger partial charge in [-0.05, 0) is 43.6 Å². The second kappa shape index (κ2) is 14.8. The third-order valence-corrected chi connectivity index (χ3v) is 8.72. The van der Waals surface area contributed by atoms with Crippen molar-refractivity contribution in [2.45, 2.75) is 85.7 Å². The highest BCUT2D eigenvalue weighted by atomic mass is 32.2. The molecule has 3 N–H and O–H groups in total. The molecule has 2 fully saturated rings. The van der Waals surface area contributed by atoms with Gasteiger partial charge in [-0.1, -0.05) is 71.9 Å². The van der Waals surface area contributed by atoms with Crippen LogP contribution in [-0.2, 0) is 35.6 Å². The fourth-order valence-corrected chi connectivity index (χ4v) is 5.93. The van der Waals surface area contributed by atoms with Gasteiger partial charge in [0.15, 0.2) is 0 Å². The van der Waals surface area contributed by atoms with Crippen molar-refractivity contribution >= 4 is 39.6 Å². The van der Waals surface area contributed by atoms with E-state index in [-0.39, 0.29) is 36.0 Å². The topological polar surface area (TPSA) is 157 Å². The monoisotopic (exact) mass is 646 g/mol. The highest BCUT2D eigenvalue weighted by Gasteiger charge is 2.38. The van der Waals surface area contributed by atoms with Crippen LogP contribution >= 0.6 is 0 Å². The number of nitrogens with zero attached hydrogens (tertiary/aromatic N) is 3. The number of amides is 4. The maximum atomic E-state index is 13.6. The first-order chi connectivity index (χ1) is 20.8. The zero-order chi connectivity index (χ0) is 33.6. The molecule has 12 nitrogen and oxygen atoms in total. The molecule has 45 heavy (non-hydrogen) atoms. The van der Waals surface area contributed by atoms with Gasteiger partial charge in [0, 0.05) is 37.0 Å². The van der Waals surface area contributed by atoms with Gasteiger partial charge in [-0.2, -0.15) is 4.99 Å². The van der Waals surface area contributed by atoms with Crippen LogP contribution in [0.2, 0.25) is 0 Å². The quantitative estimate of drug-likeness (QED) is 0.288. The summed E-state index contributed by atoms with van der Waals surface area (Å²) in [6.45, 7) is 12.6. The second-order valence-corrected chi connectivity index (χ2v) is 16.0. The molecule has 0 aromatic heterocycles. The van der Waals surface area contributed by atoms with Gasteiger partial charge in [-0.15, -0.1) is 0 Å². The average Bonchev–Trinajstić information content (AvgIpc) is 3.44. The maximum absolute atomic E-state index is 13.6. The summed E-state index contributed by atoms with van der Waals surface area (Å²) in [7, 11) is -3.67. The fraction of sp³-hybridized carbons (Fsp3) is 0.656. The molecule has 1 aromatic rings. The van der Waals surface area contributed by atoms with Crippen molar-refractivity contribution in [2.24, 2.45) is 21.7 Å². The smallest absolute Gasteiger partial charge is 0.254 e. The van der Waals surface area contributed by atoms with Crippen LogP contribution in [0.4, 0.5) is 0 Å². The van der Waals surface area contributed by atoms with Gasteiger partial charge in [-0.25, -0.2) is 13.1 Å². The number of guanidine groups is 1. The summed E-state index contributed by atoms with van der Waals surface area (Å²) in [6.07, 6.45) is 3.77. The molecule has 0 radical (unpaired) electrons. The predicted octanol–water partition coefficient (Wildman–Crippen LogP) is 2.06. The van der Waals surface area contributed by atoms with Crippen molar-refractivity contribution in [3.05, 3.63) is 35.9 Å². The summed E-state index contributed by atoms with van der Waals surface area (Å²) >= 11 is 0. The lowest BCUT2D eigenvalue weighted by molar-refractivity contribution is -0.139. The predicted molar refractivity (Wildman–Crippen MR) is 173 cm³/mol. The van der Waals surface area contributed by atoms with Crippen molar-refractivity contribution in [1.29, 1.82) is 0 Å². The van der Waals surface area contributed by atoms with E-state index < -0.39 is 38.8 Å². The average molecular weight is 647 g/mol. The summed E-state index contributed by atoms with van der Waals surface area (Å²) in [6, 6.07) is 7.48. The summed E-state index contributed by atoms with van der Waals surface area (Å²) in [5.74, 6) is -0.808. The number of hydrogen-bond donors (Lipinski definition) is 3. The molecule has 2 aliphatic rings. The van der Waals surface area contributed by atoms with E-state index in [0.29, 0.717) is 51.9 Å². The highest BCUT2D eigenvalue weighted by Crippen LogP contribution is 2.23. The van der Waals surface area contributed by atoms with Gasteiger partial charge in [0.25, 0.3) is 5.91 Å². The minimum Gasteiger partial charge on any atom is -0.354 e. The van der Waals surface area contributed by atoms with E-state index in [1.807, 2.05) is 35.2 Å². The number of aliphatic imine (C=N–C) groups is 1. The van der Waals surface area contributed by atoms with Crippen molar-refractivity contribution < 1.29 is 27.6 Å². The SMILES string of the molecule is CC(C)(C)C(=O)/N=C(/NC(=O)C(C)(C)C)N1CCC(CNC(=O)[C@@H]2CCCN2C(=O)[C@@H](Cc2ccccc2)NS(C)(=O)=O)CC1. The molecule has 0 saturated carbocycles. The Morgan fingerprint density at radius 1 is 0.933 bits per heavy atom. The van der Waals surface area contributed by atoms with E-state index in [2.05, 4.69) is 20.3 Å². The molecule has 250 valence electrons. The second-order valence-electron chi connectivity index (χ2n) is 14.2. The van der Waals surface area contributed by atoms with Crippen LogP contribution in [0.1, 0.15) is 72.8 Å². The molecule has 3 rings (SSSR count). The minimum absolute atomic E-state index is 0.159. The van der Waals surface area contributed by atoms with Crippen LogP contribution in [0.25, 0.3) is 0 Å². The molecule has 2 aliphatic heterocycles. The normalized spacial score (nSPS) is 19.3. The molecule has 2 atom stereocenters. The Hall–Kier alpha value is -3.32. The Bertz CT molecular complexity index is 1360. The number of rotatable bonds is 8. The van der Waals surface area contributed by atoms with E-state index in [0.717, 1.165) is 11.8 Å². The molecule has 0 unspecified atom stereocenters. The number of likely N-dealkylation sites (tertiary alicyclic amines) is 2. The Balaban J connectivity index is 1.61. The Morgan fingerprint density at radius 3 is 2.11 bits per heavy atom. The van der Waals surface area contributed by atoms with Crippen molar-refractivity contribution in [3.8, 4) is 0 Å². The summed E-state index contributed by atoms with van der Waals surface area (Å²) < 4.78 is 26.7. The van der Waals surface area contributed by atoms with Crippen LogP contribution < -0.4 is 15.4 Å². The van der Waals surface area contributed by atoms with Gasteiger partial charge in [0.05, 0.1) is 6.26 Å². The lowest BCUT2D eigenvalue weighted by Gasteiger charge is -2.35. The molecule has 4 amide bonds. The lowest BCUT2D eigenvalue weighted by Crippen LogP contribution is -2.54. The molecule has 2 heterocycles. The van der Waals surface area contributed by atoms with E-state index in [9.17, 15) is 27.6 Å². The lowest BCUT2D eigenvalue weighted by atomic mass is 9.95. The van der Waals surface area contributed by atoms with E-state index >= 15 is 0 Å². The van der Waals surface area contributed by atoms with Gasteiger partial charge >= 0.3 is 0 Å². The van der Waals surface area contributed by atoms with Gasteiger partial charge < -0.3 is 15.1 Å². The van der Waals surface area contributed by atoms with E-state index in [1.165, 1.54) is 4.90 Å². The Kier molecular flexibility index (Phi) is 11.9.